The summed E-state index contributed by atoms with van der Waals surface area (Å²) in [5.74, 6) is 1.51. The molecule has 1 aromatic carbocycles. The van der Waals surface area contributed by atoms with E-state index >= 15 is 0 Å². The first-order chi connectivity index (χ1) is 6.58. The van der Waals surface area contributed by atoms with Gasteiger partial charge in [-0.15, -0.1) is 0 Å². The Kier molecular flexibility index (Phi) is 6.31. The fourth-order valence-electron chi connectivity index (χ4n) is 1.83. The monoisotopic (exact) mass is 206 g/mol. The van der Waals surface area contributed by atoms with E-state index in [2.05, 4.69) is 52.0 Å². The van der Waals surface area contributed by atoms with Crippen molar-refractivity contribution >= 4 is 0 Å². The second-order valence-corrected chi connectivity index (χ2v) is 5.02. The van der Waals surface area contributed by atoms with E-state index in [9.17, 15) is 0 Å². The van der Waals surface area contributed by atoms with E-state index < -0.39 is 0 Å². The summed E-state index contributed by atoms with van der Waals surface area (Å²) in [5.41, 5.74) is 2.97. The van der Waals surface area contributed by atoms with E-state index in [0.717, 1.165) is 11.8 Å². The van der Waals surface area contributed by atoms with Crippen LogP contribution in [0.2, 0.25) is 0 Å². The summed E-state index contributed by atoms with van der Waals surface area (Å²) in [6, 6.07) is 9.03. The number of hydrogen-bond acceptors (Lipinski definition) is 0. The maximum absolute atomic E-state index is 2.36. The molecule has 15 heavy (non-hydrogen) atoms. The third-order valence-electron chi connectivity index (χ3n) is 2.28. The molecule has 0 nitrogen and oxygen atoms in total. The van der Waals surface area contributed by atoms with Gasteiger partial charge in [0.05, 0.1) is 0 Å². The highest BCUT2D eigenvalue weighted by Crippen LogP contribution is 2.13. The van der Waals surface area contributed by atoms with Crippen molar-refractivity contribution in [3.8, 4) is 0 Å². The van der Waals surface area contributed by atoms with Crippen molar-refractivity contribution < 1.29 is 0 Å². The van der Waals surface area contributed by atoms with Crippen LogP contribution in [0.4, 0.5) is 0 Å². The van der Waals surface area contributed by atoms with Gasteiger partial charge < -0.3 is 0 Å². The zero-order chi connectivity index (χ0) is 10.6. The average molecular weight is 206 g/mol. The molecule has 0 radical (unpaired) electrons. The van der Waals surface area contributed by atoms with Gasteiger partial charge in [0, 0.05) is 0 Å². The topological polar surface area (TPSA) is 0 Å². The lowest BCUT2D eigenvalue weighted by molar-refractivity contribution is 0.636. The van der Waals surface area contributed by atoms with E-state index in [1.165, 1.54) is 24.0 Å². The summed E-state index contributed by atoms with van der Waals surface area (Å²) < 4.78 is 0. The first-order valence-corrected chi connectivity index (χ1v) is 5.65. The molecule has 0 heteroatoms. The molecule has 0 aliphatic heterocycles. The molecule has 0 amide bonds. The van der Waals surface area contributed by atoms with Gasteiger partial charge in [-0.25, -0.2) is 0 Å². The maximum Gasteiger partial charge on any atom is -0.0256 e. The van der Waals surface area contributed by atoms with Gasteiger partial charge in [0.15, 0.2) is 0 Å². The van der Waals surface area contributed by atoms with Crippen LogP contribution in [0.25, 0.3) is 0 Å². The van der Waals surface area contributed by atoms with Crippen molar-refractivity contribution in [2.45, 2.75) is 48.0 Å². The van der Waals surface area contributed by atoms with Gasteiger partial charge in [0.1, 0.15) is 0 Å². The van der Waals surface area contributed by atoms with Crippen LogP contribution in [0.1, 0.15) is 46.2 Å². The van der Waals surface area contributed by atoms with Crippen LogP contribution in [-0.2, 0) is 12.8 Å². The minimum absolute atomic E-state index is 0. The smallest absolute Gasteiger partial charge is 0.0256 e. The highest BCUT2D eigenvalue weighted by atomic mass is 14.1. The van der Waals surface area contributed by atoms with Crippen molar-refractivity contribution in [1.82, 2.24) is 0 Å². The lowest BCUT2D eigenvalue weighted by Crippen LogP contribution is -1.97. The third-order valence-corrected chi connectivity index (χ3v) is 2.28. The van der Waals surface area contributed by atoms with Crippen LogP contribution in [-0.4, -0.2) is 0 Å². The first-order valence-electron chi connectivity index (χ1n) is 5.65. The summed E-state index contributed by atoms with van der Waals surface area (Å²) in [5, 5.41) is 0. The SMILES string of the molecule is C.CC(C)Cc1cccc(CC(C)C)c1. The standard InChI is InChI=1S/C14H22.CH4/c1-11(2)8-13-6-5-7-14(10-13)9-12(3)4;/h5-7,10-12H,8-9H2,1-4H3;1H4. The Balaban J connectivity index is 0.00000196. The molecule has 0 N–H and O–H groups in total. The van der Waals surface area contributed by atoms with Crippen LogP contribution < -0.4 is 0 Å². The van der Waals surface area contributed by atoms with Crippen molar-refractivity contribution in [1.29, 1.82) is 0 Å². The van der Waals surface area contributed by atoms with Gasteiger partial charge in [0.25, 0.3) is 0 Å². The summed E-state index contributed by atoms with van der Waals surface area (Å²) >= 11 is 0. The minimum atomic E-state index is 0. The van der Waals surface area contributed by atoms with Gasteiger partial charge in [-0.05, 0) is 35.8 Å². The van der Waals surface area contributed by atoms with Crippen molar-refractivity contribution in [2.75, 3.05) is 0 Å². The summed E-state index contributed by atoms with van der Waals surface area (Å²) in [7, 11) is 0. The zero-order valence-electron chi connectivity index (χ0n) is 9.88. The Morgan fingerprint density at radius 3 is 1.60 bits per heavy atom. The van der Waals surface area contributed by atoms with Crippen molar-refractivity contribution in [3.63, 3.8) is 0 Å². The molecule has 0 bridgehead atoms. The largest absolute Gasteiger partial charge is 0.0776 e. The Morgan fingerprint density at radius 2 is 1.27 bits per heavy atom. The Labute approximate surface area is 95.7 Å². The Hall–Kier alpha value is -0.780. The molecule has 0 unspecified atom stereocenters. The number of hydrogen-bond donors (Lipinski definition) is 0. The predicted octanol–water partition coefficient (Wildman–Crippen LogP) is 4.72. The van der Waals surface area contributed by atoms with Gasteiger partial charge in [-0.1, -0.05) is 59.4 Å². The molecule has 0 heterocycles. The van der Waals surface area contributed by atoms with E-state index in [4.69, 9.17) is 0 Å². The molecular weight excluding hydrogens is 180 g/mol. The second-order valence-electron chi connectivity index (χ2n) is 5.02. The fraction of sp³-hybridized carbons (Fsp3) is 0.600. The minimum Gasteiger partial charge on any atom is -0.0776 e. The molecule has 0 saturated carbocycles. The van der Waals surface area contributed by atoms with Crippen molar-refractivity contribution in [3.05, 3.63) is 35.4 Å². The molecule has 0 aromatic heterocycles. The lowest BCUT2D eigenvalue weighted by atomic mass is 9.97. The second kappa shape index (κ2) is 6.66. The van der Waals surface area contributed by atoms with E-state index in [1.54, 1.807) is 0 Å². The Morgan fingerprint density at radius 1 is 0.867 bits per heavy atom. The molecule has 1 aromatic rings. The van der Waals surface area contributed by atoms with Crippen LogP contribution in [0.3, 0.4) is 0 Å². The molecular formula is C15H26. The predicted molar refractivity (Wildman–Crippen MR) is 70.3 cm³/mol. The summed E-state index contributed by atoms with van der Waals surface area (Å²) in [4.78, 5) is 0. The zero-order valence-corrected chi connectivity index (χ0v) is 9.88. The highest BCUT2D eigenvalue weighted by Gasteiger charge is 2.01. The molecule has 86 valence electrons. The normalized spacial score (nSPS) is 10.5. The third kappa shape index (κ3) is 5.61. The van der Waals surface area contributed by atoms with Gasteiger partial charge in [-0.2, -0.15) is 0 Å². The maximum atomic E-state index is 2.36. The van der Waals surface area contributed by atoms with Crippen LogP contribution >= 0.6 is 0 Å². The number of rotatable bonds is 4. The molecule has 0 saturated heterocycles. The van der Waals surface area contributed by atoms with Crippen LogP contribution in [0.15, 0.2) is 24.3 Å². The fourth-order valence-corrected chi connectivity index (χ4v) is 1.83. The van der Waals surface area contributed by atoms with Gasteiger partial charge in [0.2, 0.25) is 0 Å². The number of benzene rings is 1. The van der Waals surface area contributed by atoms with Crippen molar-refractivity contribution in [2.24, 2.45) is 11.8 Å². The molecule has 0 aliphatic carbocycles. The molecule has 0 fully saturated rings. The highest BCUT2D eigenvalue weighted by molar-refractivity contribution is 5.24. The lowest BCUT2D eigenvalue weighted by Gasteiger charge is -2.09. The van der Waals surface area contributed by atoms with Crippen LogP contribution in [0.5, 0.6) is 0 Å². The molecule has 0 atom stereocenters. The van der Waals surface area contributed by atoms with E-state index in [-0.39, 0.29) is 7.43 Å². The molecule has 0 spiro atoms. The summed E-state index contributed by atoms with van der Waals surface area (Å²) in [6.45, 7) is 9.09. The first kappa shape index (κ1) is 14.2. The average Bonchev–Trinajstić information content (AvgIpc) is 2.01. The van der Waals surface area contributed by atoms with Crippen LogP contribution in [0, 0.1) is 11.8 Å². The molecule has 1 rings (SSSR count). The van der Waals surface area contributed by atoms with Gasteiger partial charge >= 0.3 is 0 Å². The quantitative estimate of drug-likeness (QED) is 0.668. The van der Waals surface area contributed by atoms with Gasteiger partial charge in [-0.3, -0.25) is 0 Å². The van der Waals surface area contributed by atoms with E-state index in [1.807, 2.05) is 0 Å². The van der Waals surface area contributed by atoms with E-state index in [0.29, 0.717) is 0 Å². The summed E-state index contributed by atoms with van der Waals surface area (Å²) in [6.07, 6.45) is 2.40. The Bertz CT molecular complexity index is 246. The molecule has 0 aliphatic rings.